The van der Waals surface area contributed by atoms with E-state index in [9.17, 15) is 0 Å². The molecule has 0 atom stereocenters. The Labute approximate surface area is 210 Å². The van der Waals surface area contributed by atoms with Gasteiger partial charge in [0.25, 0.3) is 0 Å². The Morgan fingerprint density at radius 3 is 1.03 bits per heavy atom. The van der Waals surface area contributed by atoms with Crippen molar-refractivity contribution in [1.29, 1.82) is 0 Å². The number of unbranched alkanes of at least 4 members (excludes halogenated alkanes) is 4. The standard InChI is InChI=1S/C32H48N2/c1-5-9-25-33(26-10-6-2)31-21-17-29(18-22-31)15-13-14-16-30-19-23-32(24-20-30)34(27-11-7-3)28-12-8-4/h13-24H,5-12,25-28H2,1-4H3/b15-13+,16-14+. The van der Waals surface area contributed by atoms with Crippen LogP contribution in [-0.4, -0.2) is 26.2 Å². The molecule has 0 amide bonds. The van der Waals surface area contributed by atoms with Crippen molar-refractivity contribution in [2.45, 2.75) is 79.1 Å². The first-order chi connectivity index (χ1) is 16.7. The largest absolute Gasteiger partial charge is 0.372 e. The van der Waals surface area contributed by atoms with Crippen molar-refractivity contribution in [3.63, 3.8) is 0 Å². The van der Waals surface area contributed by atoms with E-state index in [1.54, 1.807) is 0 Å². The van der Waals surface area contributed by atoms with Crippen LogP contribution in [0.3, 0.4) is 0 Å². The minimum atomic E-state index is 1.15. The van der Waals surface area contributed by atoms with Crippen LogP contribution in [0.25, 0.3) is 12.2 Å². The van der Waals surface area contributed by atoms with Gasteiger partial charge in [-0.05, 0) is 61.1 Å². The molecule has 0 radical (unpaired) electrons. The van der Waals surface area contributed by atoms with Gasteiger partial charge in [0.05, 0.1) is 0 Å². The Hall–Kier alpha value is -2.48. The number of anilines is 2. The number of rotatable bonds is 17. The molecule has 0 unspecified atom stereocenters. The highest BCUT2D eigenvalue weighted by molar-refractivity contribution is 5.61. The zero-order valence-electron chi connectivity index (χ0n) is 22.3. The molecule has 186 valence electrons. The number of allylic oxidation sites excluding steroid dienone is 2. The molecule has 2 heteroatoms. The molecule has 0 saturated carbocycles. The van der Waals surface area contributed by atoms with E-state index >= 15 is 0 Å². The second-order valence-corrected chi connectivity index (χ2v) is 9.29. The summed E-state index contributed by atoms with van der Waals surface area (Å²) in [4.78, 5) is 5.07. The lowest BCUT2D eigenvalue weighted by atomic mass is 10.1. The Balaban J connectivity index is 1.93. The third kappa shape index (κ3) is 10.2. The fourth-order valence-electron chi connectivity index (χ4n) is 4.06. The van der Waals surface area contributed by atoms with Crippen LogP contribution in [-0.2, 0) is 0 Å². The van der Waals surface area contributed by atoms with Gasteiger partial charge in [-0.25, -0.2) is 0 Å². The Morgan fingerprint density at radius 2 is 0.765 bits per heavy atom. The lowest BCUT2D eigenvalue weighted by Gasteiger charge is -2.24. The smallest absolute Gasteiger partial charge is 0.0366 e. The van der Waals surface area contributed by atoms with E-state index < -0.39 is 0 Å². The number of nitrogens with zero attached hydrogens (tertiary/aromatic N) is 2. The van der Waals surface area contributed by atoms with Gasteiger partial charge in [0.15, 0.2) is 0 Å². The van der Waals surface area contributed by atoms with Crippen molar-refractivity contribution in [3.8, 4) is 0 Å². The highest BCUT2D eigenvalue weighted by atomic mass is 15.1. The summed E-state index contributed by atoms with van der Waals surface area (Å²) >= 11 is 0. The van der Waals surface area contributed by atoms with E-state index in [1.165, 1.54) is 73.9 Å². The van der Waals surface area contributed by atoms with Gasteiger partial charge in [-0.3, -0.25) is 0 Å². The summed E-state index contributed by atoms with van der Waals surface area (Å²) in [5, 5.41) is 0. The Bertz CT molecular complexity index is 730. The molecule has 0 N–H and O–H groups in total. The summed E-state index contributed by atoms with van der Waals surface area (Å²) < 4.78 is 0. The Morgan fingerprint density at radius 1 is 0.471 bits per heavy atom. The lowest BCUT2D eigenvalue weighted by Crippen LogP contribution is -2.25. The average molecular weight is 461 g/mol. The van der Waals surface area contributed by atoms with Gasteiger partial charge in [-0.15, -0.1) is 0 Å². The minimum Gasteiger partial charge on any atom is -0.372 e. The van der Waals surface area contributed by atoms with Gasteiger partial charge in [0.1, 0.15) is 0 Å². The van der Waals surface area contributed by atoms with Gasteiger partial charge in [-0.2, -0.15) is 0 Å². The summed E-state index contributed by atoms with van der Waals surface area (Å²) in [5.41, 5.74) is 5.19. The van der Waals surface area contributed by atoms with Gasteiger partial charge < -0.3 is 9.80 Å². The molecule has 0 spiro atoms. The minimum absolute atomic E-state index is 1.15. The molecule has 0 saturated heterocycles. The molecular weight excluding hydrogens is 412 g/mol. The molecule has 0 aliphatic rings. The maximum atomic E-state index is 2.54. The van der Waals surface area contributed by atoms with E-state index in [-0.39, 0.29) is 0 Å². The first-order valence-electron chi connectivity index (χ1n) is 13.8. The summed E-state index contributed by atoms with van der Waals surface area (Å²) in [6, 6.07) is 18.0. The van der Waals surface area contributed by atoms with E-state index in [1.807, 2.05) is 0 Å². The summed E-state index contributed by atoms with van der Waals surface area (Å²) in [6.45, 7) is 13.7. The lowest BCUT2D eigenvalue weighted by molar-refractivity contribution is 0.678. The number of hydrogen-bond donors (Lipinski definition) is 0. The molecule has 2 aromatic rings. The first kappa shape index (κ1) is 27.8. The molecule has 0 aliphatic carbocycles. The highest BCUT2D eigenvalue weighted by Gasteiger charge is 2.06. The molecule has 0 fully saturated rings. The van der Waals surface area contributed by atoms with Crippen molar-refractivity contribution < 1.29 is 0 Å². The zero-order valence-corrected chi connectivity index (χ0v) is 22.3. The van der Waals surface area contributed by atoms with Crippen LogP contribution in [0, 0.1) is 0 Å². The fourth-order valence-corrected chi connectivity index (χ4v) is 4.06. The number of benzene rings is 2. The maximum Gasteiger partial charge on any atom is 0.0366 e. The second-order valence-electron chi connectivity index (χ2n) is 9.29. The van der Waals surface area contributed by atoms with Crippen LogP contribution in [0.2, 0.25) is 0 Å². The van der Waals surface area contributed by atoms with E-state index in [0.717, 1.165) is 26.2 Å². The zero-order chi connectivity index (χ0) is 24.4. The molecule has 0 aromatic heterocycles. The normalized spacial score (nSPS) is 11.5. The summed E-state index contributed by atoms with van der Waals surface area (Å²) in [5.74, 6) is 0. The topological polar surface area (TPSA) is 6.48 Å². The van der Waals surface area contributed by atoms with Gasteiger partial charge in [0.2, 0.25) is 0 Å². The van der Waals surface area contributed by atoms with Crippen LogP contribution in [0.15, 0.2) is 60.7 Å². The number of hydrogen-bond acceptors (Lipinski definition) is 2. The SMILES string of the molecule is CCCCN(CCCC)c1ccc(/C=C/C=C/c2ccc(N(CCCC)CCCC)cc2)cc1. The molecular formula is C32H48N2. The van der Waals surface area contributed by atoms with Gasteiger partial charge in [-0.1, -0.05) is 102 Å². The molecule has 0 heterocycles. The van der Waals surface area contributed by atoms with Gasteiger partial charge in [0, 0.05) is 37.6 Å². The predicted molar refractivity (Wildman–Crippen MR) is 155 cm³/mol. The average Bonchev–Trinajstić information content (AvgIpc) is 2.88. The molecule has 34 heavy (non-hydrogen) atoms. The van der Waals surface area contributed by atoms with E-state index in [4.69, 9.17) is 0 Å². The second kappa shape index (κ2) is 17.0. The fraction of sp³-hybridized carbons (Fsp3) is 0.500. The molecule has 2 aromatic carbocycles. The molecule has 2 rings (SSSR count). The third-order valence-electron chi connectivity index (χ3n) is 6.33. The van der Waals surface area contributed by atoms with E-state index in [0.29, 0.717) is 0 Å². The predicted octanol–water partition coefficient (Wildman–Crippen LogP) is 9.23. The summed E-state index contributed by atoms with van der Waals surface area (Å²) in [7, 11) is 0. The van der Waals surface area contributed by atoms with Crippen molar-refractivity contribution in [2.24, 2.45) is 0 Å². The maximum absolute atomic E-state index is 2.54. The van der Waals surface area contributed by atoms with Crippen molar-refractivity contribution in [2.75, 3.05) is 36.0 Å². The first-order valence-corrected chi connectivity index (χ1v) is 13.8. The van der Waals surface area contributed by atoms with Crippen LogP contribution in [0.1, 0.15) is 90.2 Å². The van der Waals surface area contributed by atoms with Gasteiger partial charge >= 0.3 is 0 Å². The van der Waals surface area contributed by atoms with Crippen molar-refractivity contribution in [1.82, 2.24) is 0 Å². The van der Waals surface area contributed by atoms with Crippen molar-refractivity contribution >= 4 is 23.5 Å². The van der Waals surface area contributed by atoms with Crippen molar-refractivity contribution in [3.05, 3.63) is 71.8 Å². The van der Waals surface area contributed by atoms with Crippen LogP contribution in [0.4, 0.5) is 11.4 Å². The monoisotopic (exact) mass is 460 g/mol. The van der Waals surface area contributed by atoms with E-state index in [2.05, 4.69) is 110 Å². The quantitative estimate of drug-likeness (QED) is 0.217. The van der Waals surface area contributed by atoms with Crippen LogP contribution < -0.4 is 9.80 Å². The summed E-state index contributed by atoms with van der Waals surface area (Å²) in [6.07, 6.45) is 18.7. The molecule has 0 bridgehead atoms. The van der Waals surface area contributed by atoms with Crippen LogP contribution in [0.5, 0.6) is 0 Å². The highest BCUT2D eigenvalue weighted by Crippen LogP contribution is 2.19. The molecule has 0 aliphatic heterocycles. The molecule has 2 nitrogen and oxygen atoms in total. The Kier molecular flexibility index (Phi) is 13.9. The van der Waals surface area contributed by atoms with Crippen LogP contribution >= 0.6 is 0 Å². The third-order valence-corrected chi connectivity index (χ3v) is 6.33.